The molecule has 10 heteroatoms. The highest BCUT2D eigenvalue weighted by molar-refractivity contribution is 6.25. The Bertz CT molecular complexity index is 1630. The van der Waals surface area contributed by atoms with Crippen molar-refractivity contribution in [2.24, 2.45) is 17.8 Å². The number of ether oxygens (including phenoxy) is 1. The molecule has 6 rings (SSSR count). The van der Waals surface area contributed by atoms with Gasteiger partial charge in [-0.2, -0.15) is 0 Å². The molecular formula is C31H26N2O8. The molecule has 0 unspecified atom stereocenters. The van der Waals surface area contributed by atoms with Gasteiger partial charge in [0.2, 0.25) is 11.8 Å². The molecule has 10 nitrogen and oxygen atoms in total. The molecule has 1 saturated heterocycles. The maximum Gasteiger partial charge on any atom is 0.271 e. The van der Waals surface area contributed by atoms with Crippen molar-refractivity contribution in [3.63, 3.8) is 0 Å². The third-order valence-corrected chi connectivity index (χ3v) is 8.44. The highest BCUT2D eigenvalue weighted by atomic mass is 16.6. The molecule has 0 bridgehead atoms. The van der Waals surface area contributed by atoms with E-state index >= 15 is 0 Å². The van der Waals surface area contributed by atoms with E-state index in [1.54, 1.807) is 31.2 Å². The minimum atomic E-state index is -0.807. The summed E-state index contributed by atoms with van der Waals surface area (Å²) in [5.41, 5.74) is 2.26. The lowest BCUT2D eigenvalue weighted by molar-refractivity contribution is -0.384. The Balaban J connectivity index is 1.48. The first-order valence-corrected chi connectivity index (χ1v) is 13.4. The van der Waals surface area contributed by atoms with Gasteiger partial charge in [0, 0.05) is 40.3 Å². The number of aliphatic hydroxyl groups excluding tert-OH is 1. The van der Waals surface area contributed by atoms with Gasteiger partial charge in [-0.15, -0.1) is 0 Å². The molecule has 0 spiro atoms. The largest absolute Gasteiger partial charge is 0.491 e. The number of aliphatic hydroxyl groups is 1. The number of benzene rings is 2. The number of hydrogen-bond acceptors (Lipinski definition) is 8. The molecule has 4 aliphatic rings. The van der Waals surface area contributed by atoms with Gasteiger partial charge in [0.25, 0.3) is 5.69 Å². The second kappa shape index (κ2) is 10.0. The van der Waals surface area contributed by atoms with Crippen molar-refractivity contribution in [1.82, 2.24) is 0 Å². The lowest BCUT2D eigenvalue weighted by Gasteiger charge is -2.42. The average Bonchev–Trinajstić information content (AvgIpc) is 3.23. The Kier molecular flexibility index (Phi) is 6.50. The van der Waals surface area contributed by atoms with Crippen LogP contribution in [0, 0.1) is 27.9 Å². The summed E-state index contributed by atoms with van der Waals surface area (Å²) in [5, 5.41) is 20.7. The van der Waals surface area contributed by atoms with Crippen LogP contribution in [-0.4, -0.2) is 46.6 Å². The number of amides is 2. The third-order valence-electron chi connectivity index (χ3n) is 8.44. The van der Waals surface area contributed by atoms with E-state index in [1.807, 2.05) is 6.08 Å². The summed E-state index contributed by atoms with van der Waals surface area (Å²) in [4.78, 5) is 66.3. The van der Waals surface area contributed by atoms with E-state index in [9.17, 15) is 34.4 Å². The molecule has 41 heavy (non-hydrogen) atoms. The fourth-order valence-electron chi connectivity index (χ4n) is 6.74. The van der Waals surface area contributed by atoms with Crippen molar-refractivity contribution in [2.45, 2.75) is 25.7 Å². The predicted octanol–water partition coefficient (Wildman–Crippen LogP) is 3.60. The maximum absolute atomic E-state index is 14.0. The van der Waals surface area contributed by atoms with E-state index < -0.39 is 40.4 Å². The van der Waals surface area contributed by atoms with Gasteiger partial charge in [-0.3, -0.25) is 29.3 Å². The number of rotatable bonds is 6. The number of carbonyl (C=O) groups excluding carboxylic acids is 4. The number of non-ortho nitro benzene ring substituents is 1. The van der Waals surface area contributed by atoms with E-state index in [-0.39, 0.29) is 49.0 Å². The van der Waals surface area contributed by atoms with Gasteiger partial charge in [0.1, 0.15) is 12.4 Å². The van der Waals surface area contributed by atoms with Crippen LogP contribution in [0.5, 0.6) is 5.75 Å². The second-order valence-corrected chi connectivity index (χ2v) is 10.6. The molecule has 4 atom stereocenters. The number of anilines is 1. The van der Waals surface area contributed by atoms with Gasteiger partial charge in [-0.1, -0.05) is 35.9 Å². The van der Waals surface area contributed by atoms with Crippen molar-refractivity contribution >= 4 is 34.8 Å². The number of Topliss-reactive ketones (excluding diaryl/α,β-unsaturated/α-hetero) is 1. The third kappa shape index (κ3) is 4.13. The van der Waals surface area contributed by atoms with Crippen LogP contribution in [0.4, 0.5) is 11.4 Å². The summed E-state index contributed by atoms with van der Waals surface area (Å²) in [6.45, 7) is 1.39. The Hall–Kier alpha value is -4.70. The monoisotopic (exact) mass is 554 g/mol. The van der Waals surface area contributed by atoms with Gasteiger partial charge in [-0.25, -0.2) is 4.90 Å². The van der Waals surface area contributed by atoms with E-state index in [4.69, 9.17) is 4.74 Å². The lowest BCUT2D eigenvalue weighted by Crippen LogP contribution is -2.40. The number of nitrogens with zero attached hydrogens (tertiary/aromatic N) is 2. The van der Waals surface area contributed by atoms with Gasteiger partial charge < -0.3 is 9.84 Å². The average molecular weight is 555 g/mol. The lowest BCUT2D eigenvalue weighted by atomic mass is 9.59. The fourth-order valence-corrected chi connectivity index (χ4v) is 6.74. The smallest absolute Gasteiger partial charge is 0.271 e. The molecule has 1 heterocycles. The molecule has 2 aromatic rings. The Labute approximate surface area is 234 Å². The van der Waals surface area contributed by atoms with Crippen LogP contribution in [0.15, 0.2) is 83.0 Å². The minimum absolute atomic E-state index is 0.0276. The topological polar surface area (TPSA) is 144 Å². The highest BCUT2D eigenvalue weighted by Gasteiger charge is 2.57. The Morgan fingerprint density at radius 1 is 1.05 bits per heavy atom. The summed E-state index contributed by atoms with van der Waals surface area (Å²) in [7, 11) is 0. The van der Waals surface area contributed by atoms with E-state index in [1.165, 1.54) is 30.3 Å². The quantitative estimate of drug-likeness (QED) is 0.188. The van der Waals surface area contributed by atoms with E-state index in [2.05, 4.69) is 0 Å². The number of carbonyl (C=O) groups is 4. The summed E-state index contributed by atoms with van der Waals surface area (Å²) >= 11 is 0. The first kappa shape index (κ1) is 26.5. The van der Waals surface area contributed by atoms with E-state index in [0.29, 0.717) is 28.0 Å². The van der Waals surface area contributed by atoms with Crippen LogP contribution in [0.1, 0.15) is 31.2 Å². The minimum Gasteiger partial charge on any atom is -0.491 e. The number of allylic oxidation sites excluding steroid dienone is 6. The van der Waals surface area contributed by atoms with Crippen molar-refractivity contribution in [3.05, 3.63) is 98.7 Å². The molecule has 0 radical (unpaired) electrons. The predicted molar refractivity (Wildman–Crippen MR) is 146 cm³/mol. The molecule has 0 aromatic heterocycles. The zero-order chi connectivity index (χ0) is 29.0. The molecule has 1 aliphatic heterocycles. The van der Waals surface area contributed by atoms with Crippen molar-refractivity contribution in [1.29, 1.82) is 0 Å². The first-order chi connectivity index (χ1) is 19.7. The fraction of sp³-hybridized carbons (Fsp3) is 0.290. The summed E-state index contributed by atoms with van der Waals surface area (Å²) < 4.78 is 5.82. The van der Waals surface area contributed by atoms with Crippen molar-refractivity contribution < 1.29 is 33.9 Å². The summed E-state index contributed by atoms with van der Waals surface area (Å²) in [6, 6.07) is 12.5. The van der Waals surface area contributed by atoms with Crippen LogP contribution in [0.3, 0.4) is 0 Å². The molecular weight excluding hydrogens is 528 g/mol. The number of imide groups is 1. The SMILES string of the molecule is CC1=CC(=O)C2=C(C[C@@H]3C(=CC[C@@H]4C(=O)N(c5cccc([N+](=O)[O-])c5)C(=O)[C@@H]43)[C@@H]2c2ccccc2OCCO)C1=O. The van der Waals surface area contributed by atoms with Crippen LogP contribution >= 0.6 is 0 Å². The standard InChI is InChI=1S/C31H26N2O8/c1-16-13-24(35)28-23(29(16)36)15-22-19(26(28)20-7-2-3-8-25(20)41-12-11-34)9-10-21-27(22)31(38)32(30(21)37)17-5-4-6-18(14-17)33(39)40/h2-9,13-14,21-22,26-27,34H,10-12,15H2,1H3/t21-,22+,26+,27-/m0/s1. The molecule has 2 amide bonds. The number of nitro groups is 1. The van der Waals surface area contributed by atoms with Crippen molar-refractivity contribution in [2.75, 3.05) is 18.1 Å². The normalized spacial score (nSPS) is 25.4. The molecule has 1 N–H and O–H groups in total. The van der Waals surface area contributed by atoms with Crippen LogP contribution in [0.2, 0.25) is 0 Å². The number of para-hydroxylation sites is 1. The van der Waals surface area contributed by atoms with Crippen LogP contribution < -0.4 is 9.64 Å². The summed E-state index contributed by atoms with van der Waals surface area (Å²) in [5.74, 6) is -3.78. The van der Waals surface area contributed by atoms with Crippen LogP contribution in [0.25, 0.3) is 0 Å². The molecule has 208 valence electrons. The van der Waals surface area contributed by atoms with Gasteiger partial charge in [0.05, 0.1) is 29.1 Å². The summed E-state index contributed by atoms with van der Waals surface area (Å²) in [6.07, 6.45) is 3.60. The number of hydrogen-bond donors (Lipinski definition) is 1. The number of nitro benzene ring substituents is 1. The Morgan fingerprint density at radius 2 is 1.83 bits per heavy atom. The molecule has 1 fully saturated rings. The van der Waals surface area contributed by atoms with E-state index in [0.717, 1.165) is 10.5 Å². The number of fused-ring (bicyclic) bond motifs is 3. The highest BCUT2D eigenvalue weighted by Crippen LogP contribution is 2.56. The Morgan fingerprint density at radius 3 is 2.59 bits per heavy atom. The van der Waals surface area contributed by atoms with Gasteiger partial charge >= 0.3 is 0 Å². The van der Waals surface area contributed by atoms with Gasteiger partial charge in [-0.05, 0) is 43.9 Å². The van der Waals surface area contributed by atoms with Crippen molar-refractivity contribution in [3.8, 4) is 5.75 Å². The zero-order valence-corrected chi connectivity index (χ0v) is 22.1. The molecule has 3 aliphatic carbocycles. The second-order valence-electron chi connectivity index (χ2n) is 10.6. The zero-order valence-electron chi connectivity index (χ0n) is 22.1. The van der Waals surface area contributed by atoms with Gasteiger partial charge in [0.15, 0.2) is 11.6 Å². The molecule has 0 saturated carbocycles. The molecule has 2 aromatic carbocycles. The maximum atomic E-state index is 14.0. The van der Waals surface area contributed by atoms with Crippen LogP contribution in [-0.2, 0) is 19.2 Å². The number of ketones is 2. The first-order valence-electron chi connectivity index (χ1n) is 13.4.